The van der Waals surface area contributed by atoms with Crippen molar-refractivity contribution in [2.45, 2.75) is 13.0 Å². The fourth-order valence-electron chi connectivity index (χ4n) is 2.64. The van der Waals surface area contributed by atoms with Gasteiger partial charge < -0.3 is 14.8 Å². The maximum atomic E-state index is 5.88. The normalized spacial score (nSPS) is 10.4. The number of benzene rings is 3. The molecule has 3 aromatic carbocycles. The van der Waals surface area contributed by atoms with Crippen molar-refractivity contribution in [1.29, 1.82) is 0 Å². The minimum Gasteiger partial charge on any atom is -0.497 e. The van der Waals surface area contributed by atoms with E-state index >= 15 is 0 Å². The molecular formula is C22H23NO2. The highest BCUT2D eigenvalue weighted by Crippen LogP contribution is 2.21. The zero-order valence-corrected chi connectivity index (χ0v) is 14.4. The Hall–Kier alpha value is -2.78. The van der Waals surface area contributed by atoms with Crippen LogP contribution < -0.4 is 14.8 Å². The monoisotopic (exact) mass is 333 g/mol. The van der Waals surface area contributed by atoms with Crippen LogP contribution in [0.1, 0.15) is 11.1 Å². The molecule has 0 unspecified atom stereocenters. The molecule has 3 rings (SSSR count). The molecule has 0 spiro atoms. The van der Waals surface area contributed by atoms with E-state index in [1.807, 2.05) is 54.6 Å². The van der Waals surface area contributed by atoms with Gasteiger partial charge in [0.25, 0.3) is 0 Å². The van der Waals surface area contributed by atoms with Crippen LogP contribution >= 0.6 is 0 Å². The molecule has 0 aliphatic carbocycles. The first-order chi connectivity index (χ1) is 12.3. The van der Waals surface area contributed by atoms with Crippen LogP contribution in [-0.2, 0) is 13.0 Å². The summed E-state index contributed by atoms with van der Waals surface area (Å²) in [6.45, 7) is 1.73. The van der Waals surface area contributed by atoms with Crippen molar-refractivity contribution in [2.24, 2.45) is 0 Å². The predicted molar refractivity (Wildman–Crippen MR) is 101 cm³/mol. The van der Waals surface area contributed by atoms with Crippen LogP contribution in [0.4, 0.5) is 0 Å². The minimum absolute atomic E-state index is 0.815. The molecule has 3 nitrogen and oxygen atoms in total. The number of methoxy groups -OCH3 is 1. The van der Waals surface area contributed by atoms with Crippen LogP contribution in [0.3, 0.4) is 0 Å². The summed E-state index contributed by atoms with van der Waals surface area (Å²) in [6, 6.07) is 26.2. The molecule has 0 saturated heterocycles. The van der Waals surface area contributed by atoms with Gasteiger partial charge in [0, 0.05) is 6.54 Å². The van der Waals surface area contributed by atoms with Gasteiger partial charge >= 0.3 is 0 Å². The molecule has 25 heavy (non-hydrogen) atoms. The van der Waals surface area contributed by atoms with Crippen molar-refractivity contribution in [3.63, 3.8) is 0 Å². The number of ether oxygens (including phenoxy) is 2. The van der Waals surface area contributed by atoms with Crippen LogP contribution in [-0.4, -0.2) is 13.7 Å². The van der Waals surface area contributed by atoms with Crippen LogP contribution in [0.2, 0.25) is 0 Å². The van der Waals surface area contributed by atoms with Gasteiger partial charge in [-0.3, -0.25) is 0 Å². The van der Waals surface area contributed by atoms with E-state index in [0.29, 0.717) is 0 Å². The number of hydrogen-bond donors (Lipinski definition) is 1. The summed E-state index contributed by atoms with van der Waals surface area (Å²) in [7, 11) is 1.70. The van der Waals surface area contributed by atoms with Gasteiger partial charge in [-0.15, -0.1) is 0 Å². The first-order valence-corrected chi connectivity index (χ1v) is 8.49. The third-order valence-corrected chi connectivity index (χ3v) is 3.93. The highest BCUT2D eigenvalue weighted by atomic mass is 16.5. The molecule has 0 atom stereocenters. The van der Waals surface area contributed by atoms with Crippen molar-refractivity contribution < 1.29 is 9.47 Å². The van der Waals surface area contributed by atoms with Gasteiger partial charge in [-0.05, 0) is 60.5 Å². The summed E-state index contributed by atoms with van der Waals surface area (Å²) in [5.41, 5.74) is 2.48. The number of nitrogens with one attached hydrogen (secondary N) is 1. The molecule has 3 heteroatoms. The highest BCUT2D eigenvalue weighted by molar-refractivity contribution is 5.34. The first-order valence-electron chi connectivity index (χ1n) is 8.49. The summed E-state index contributed by atoms with van der Waals surface area (Å²) in [5, 5.41) is 3.48. The van der Waals surface area contributed by atoms with Crippen molar-refractivity contribution >= 4 is 0 Å². The van der Waals surface area contributed by atoms with E-state index in [0.717, 1.165) is 36.8 Å². The number of rotatable bonds is 8. The third-order valence-electron chi connectivity index (χ3n) is 3.93. The summed E-state index contributed by atoms with van der Waals surface area (Å²) < 4.78 is 11.1. The fraction of sp³-hybridized carbons (Fsp3) is 0.182. The standard InChI is InChI=1S/C22H23NO2/c1-24-21-11-5-7-18(15-21)13-14-23-17-19-8-6-12-22(16-19)25-20-9-3-2-4-10-20/h2-12,15-16,23H,13-14,17H2,1H3. The van der Waals surface area contributed by atoms with Crippen LogP contribution in [0.15, 0.2) is 78.9 Å². The summed E-state index contributed by atoms with van der Waals surface area (Å²) in [4.78, 5) is 0. The molecule has 0 heterocycles. The molecule has 0 fully saturated rings. The van der Waals surface area contributed by atoms with Crippen molar-refractivity contribution in [3.05, 3.63) is 90.0 Å². The predicted octanol–water partition coefficient (Wildman–Crippen LogP) is 4.82. The lowest BCUT2D eigenvalue weighted by Crippen LogP contribution is -2.16. The van der Waals surface area contributed by atoms with E-state index in [4.69, 9.17) is 9.47 Å². The maximum Gasteiger partial charge on any atom is 0.127 e. The lowest BCUT2D eigenvalue weighted by atomic mass is 10.1. The fourth-order valence-corrected chi connectivity index (χ4v) is 2.64. The lowest BCUT2D eigenvalue weighted by Gasteiger charge is -2.09. The number of para-hydroxylation sites is 1. The lowest BCUT2D eigenvalue weighted by molar-refractivity contribution is 0.414. The molecule has 0 amide bonds. The molecule has 0 saturated carbocycles. The van der Waals surface area contributed by atoms with Crippen molar-refractivity contribution in [3.8, 4) is 17.2 Å². The molecule has 3 aromatic rings. The van der Waals surface area contributed by atoms with Gasteiger partial charge in [-0.1, -0.05) is 42.5 Å². The second-order valence-corrected chi connectivity index (χ2v) is 5.84. The molecule has 0 bridgehead atoms. The molecule has 0 aliphatic rings. The topological polar surface area (TPSA) is 30.5 Å². The van der Waals surface area contributed by atoms with Gasteiger partial charge in [0.1, 0.15) is 17.2 Å². The van der Waals surface area contributed by atoms with Gasteiger partial charge in [0.2, 0.25) is 0 Å². The molecule has 0 radical (unpaired) electrons. The highest BCUT2D eigenvalue weighted by Gasteiger charge is 2.00. The Morgan fingerprint density at radius 3 is 2.20 bits per heavy atom. The first kappa shape index (κ1) is 17.1. The van der Waals surface area contributed by atoms with E-state index in [9.17, 15) is 0 Å². The molecule has 0 aliphatic heterocycles. The quantitative estimate of drug-likeness (QED) is 0.600. The van der Waals surface area contributed by atoms with E-state index < -0.39 is 0 Å². The second-order valence-electron chi connectivity index (χ2n) is 5.84. The Morgan fingerprint density at radius 1 is 0.720 bits per heavy atom. The molecular weight excluding hydrogens is 310 g/mol. The summed E-state index contributed by atoms with van der Waals surface area (Å²) in [5.74, 6) is 2.62. The Labute approximate surface area is 149 Å². The summed E-state index contributed by atoms with van der Waals surface area (Å²) >= 11 is 0. The van der Waals surface area contributed by atoms with E-state index in [1.165, 1.54) is 11.1 Å². The van der Waals surface area contributed by atoms with Gasteiger partial charge in [-0.2, -0.15) is 0 Å². The third kappa shape index (κ3) is 5.37. The largest absolute Gasteiger partial charge is 0.497 e. The number of hydrogen-bond acceptors (Lipinski definition) is 3. The van der Waals surface area contributed by atoms with E-state index in [-0.39, 0.29) is 0 Å². The van der Waals surface area contributed by atoms with Crippen LogP contribution in [0, 0.1) is 0 Å². The smallest absolute Gasteiger partial charge is 0.127 e. The van der Waals surface area contributed by atoms with Gasteiger partial charge in [-0.25, -0.2) is 0 Å². The molecule has 1 N–H and O–H groups in total. The summed E-state index contributed by atoms with van der Waals surface area (Å²) in [6.07, 6.45) is 0.970. The van der Waals surface area contributed by atoms with Gasteiger partial charge in [0.05, 0.1) is 7.11 Å². The Morgan fingerprint density at radius 2 is 1.40 bits per heavy atom. The van der Waals surface area contributed by atoms with Crippen molar-refractivity contribution in [2.75, 3.05) is 13.7 Å². The average Bonchev–Trinajstić information content (AvgIpc) is 2.67. The van der Waals surface area contributed by atoms with Crippen molar-refractivity contribution in [1.82, 2.24) is 5.32 Å². The van der Waals surface area contributed by atoms with E-state index in [1.54, 1.807) is 7.11 Å². The second kappa shape index (κ2) is 8.90. The maximum absolute atomic E-state index is 5.88. The van der Waals surface area contributed by atoms with Crippen LogP contribution in [0.5, 0.6) is 17.2 Å². The SMILES string of the molecule is COc1cccc(CCNCc2cccc(Oc3ccccc3)c2)c1. The van der Waals surface area contributed by atoms with E-state index in [2.05, 4.69) is 29.6 Å². The molecule has 128 valence electrons. The Balaban J connectivity index is 1.49. The van der Waals surface area contributed by atoms with Crippen LogP contribution in [0.25, 0.3) is 0 Å². The molecule has 0 aromatic heterocycles. The van der Waals surface area contributed by atoms with Gasteiger partial charge in [0.15, 0.2) is 0 Å². The average molecular weight is 333 g/mol. The Kier molecular flexibility index (Phi) is 6.07. The Bertz CT molecular complexity index is 787. The minimum atomic E-state index is 0.815. The zero-order valence-electron chi connectivity index (χ0n) is 14.4. The zero-order chi connectivity index (χ0) is 17.3.